The van der Waals surface area contributed by atoms with Crippen molar-refractivity contribution in [3.05, 3.63) is 34.7 Å². The number of phenolic OH excluding ortho intramolecular Hbond substituents is 1. The van der Waals surface area contributed by atoms with E-state index in [1.54, 1.807) is 0 Å². The van der Waals surface area contributed by atoms with Crippen LogP contribution in [0.2, 0.25) is 0 Å². The fraction of sp³-hybridized carbons (Fsp3) is 0.550. The predicted octanol–water partition coefficient (Wildman–Crippen LogP) is -2.86. The highest BCUT2D eigenvalue weighted by molar-refractivity contribution is 5.80. The Labute approximate surface area is 185 Å². The first-order chi connectivity index (χ1) is 15.6. The number of aliphatic hydroxyl groups excluding tert-OH is 5. The van der Waals surface area contributed by atoms with Gasteiger partial charge in [-0.1, -0.05) is 0 Å². The minimum Gasteiger partial charge on any atom is -0.504 e. The Hall–Kier alpha value is -2.33. The second-order valence-corrected chi connectivity index (χ2v) is 7.96. The van der Waals surface area contributed by atoms with Crippen LogP contribution in [0.1, 0.15) is 0 Å². The molecule has 0 aliphatic carbocycles. The fourth-order valence-corrected chi connectivity index (χ4v) is 3.58. The molecule has 13 nitrogen and oxygen atoms in total. The Morgan fingerprint density at radius 2 is 1.82 bits per heavy atom. The fourth-order valence-electron chi connectivity index (χ4n) is 3.58. The summed E-state index contributed by atoms with van der Waals surface area (Å²) in [6, 6.07) is 5.06. The molecule has 2 fully saturated rings. The maximum Gasteiger partial charge on any atom is 0.336 e. The number of aromatic hydroxyl groups is 1. The minimum absolute atomic E-state index is 0.0946. The van der Waals surface area contributed by atoms with Gasteiger partial charge in [0.2, 0.25) is 6.29 Å². The molecule has 1 aromatic heterocycles. The average molecular weight is 472 g/mol. The monoisotopic (exact) mass is 472 g/mol. The standard InChI is InChI=1S/C20H24O13/c21-6-20(28)7-30-19(17(20)27)29-5-12-14(24)15(25)16(26)18(33-12)32-11-3-8-1-2-13(23)31-10(8)4-9(11)22/h1-4,12,14-19,21-22,24-28H,5-7H2. The van der Waals surface area contributed by atoms with Crippen LogP contribution in [0.25, 0.3) is 11.0 Å². The molecule has 0 radical (unpaired) electrons. The molecule has 2 aliphatic heterocycles. The highest BCUT2D eigenvalue weighted by Gasteiger charge is 2.50. The van der Waals surface area contributed by atoms with Crippen LogP contribution in [0, 0.1) is 0 Å². The normalized spacial score (nSPS) is 36.8. The summed E-state index contributed by atoms with van der Waals surface area (Å²) in [4.78, 5) is 11.3. The summed E-state index contributed by atoms with van der Waals surface area (Å²) < 4.78 is 26.4. The van der Waals surface area contributed by atoms with Crippen molar-refractivity contribution in [2.75, 3.05) is 19.8 Å². The van der Waals surface area contributed by atoms with E-state index in [9.17, 15) is 40.5 Å². The molecule has 8 atom stereocenters. The Morgan fingerprint density at radius 3 is 2.52 bits per heavy atom. The summed E-state index contributed by atoms with van der Waals surface area (Å²) in [5.41, 5.74) is -2.43. The van der Waals surface area contributed by atoms with Gasteiger partial charge >= 0.3 is 5.63 Å². The molecule has 0 bridgehead atoms. The van der Waals surface area contributed by atoms with Crippen LogP contribution >= 0.6 is 0 Å². The van der Waals surface area contributed by atoms with Crippen molar-refractivity contribution >= 4 is 11.0 Å². The molecule has 2 saturated heterocycles. The lowest BCUT2D eigenvalue weighted by Gasteiger charge is -2.40. The van der Waals surface area contributed by atoms with Crippen LogP contribution in [0.5, 0.6) is 11.5 Å². The average Bonchev–Trinajstić information content (AvgIpc) is 3.08. The van der Waals surface area contributed by atoms with Gasteiger partial charge in [0.15, 0.2) is 17.8 Å². The lowest BCUT2D eigenvalue weighted by atomic mass is 9.99. The molecule has 0 spiro atoms. The lowest BCUT2D eigenvalue weighted by Crippen LogP contribution is -2.60. The second kappa shape index (κ2) is 9.13. The molecule has 2 aliphatic rings. The van der Waals surface area contributed by atoms with Crippen molar-refractivity contribution in [1.82, 2.24) is 0 Å². The van der Waals surface area contributed by atoms with E-state index in [0.717, 1.165) is 6.07 Å². The Balaban J connectivity index is 1.47. The van der Waals surface area contributed by atoms with Crippen molar-refractivity contribution in [1.29, 1.82) is 0 Å². The lowest BCUT2D eigenvalue weighted by molar-refractivity contribution is -0.289. The Morgan fingerprint density at radius 1 is 1.06 bits per heavy atom. The quantitative estimate of drug-likeness (QED) is 0.211. The smallest absolute Gasteiger partial charge is 0.336 e. The number of phenols is 1. The third-order valence-corrected chi connectivity index (χ3v) is 5.62. The third kappa shape index (κ3) is 4.55. The van der Waals surface area contributed by atoms with Gasteiger partial charge in [-0.2, -0.15) is 0 Å². The summed E-state index contributed by atoms with van der Waals surface area (Å²) in [5.74, 6) is -0.599. The number of fused-ring (bicyclic) bond motifs is 1. The second-order valence-electron chi connectivity index (χ2n) is 7.96. The van der Waals surface area contributed by atoms with E-state index in [-0.39, 0.29) is 11.3 Å². The molecule has 0 amide bonds. The number of rotatable bonds is 6. The van der Waals surface area contributed by atoms with Crippen molar-refractivity contribution in [3.8, 4) is 11.5 Å². The molecule has 0 saturated carbocycles. The first kappa shape index (κ1) is 23.8. The zero-order valence-electron chi connectivity index (χ0n) is 17.1. The van der Waals surface area contributed by atoms with Gasteiger partial charge in [0.25, 0.3) is 0 Å². The molecule has 2 aromatic rings. The molecule has 3 heterocycles. The van der Waals surface area contributed by atoms with E-state index < -0.39 is 79.9 Å². The van der Waals surface area contributed by atoms with Gasteiger partial charge in [-0.05, 0) is 12.1 Å². The van der Waals surface area contributed by atoms with Crippen LogP contribution < -0.4 is 10.4 Å². The summed E-state index contributed by atoms with van der Waals surface area (Å²) in [6.45, 7) is -1.61. The first-order valence-electron chi connectivity index (χ1n) is 10.0. The first-order valence-corrected chi connectivity index (χ1v) is 10.0. The van der Waals surface area contributed by atoms with Crippen LogP contribution in [0.4, 0.5) is 0 Å². The number of hydrogen-bond acceptors (Lipinski definition) is 13. The zero-order chi connectivity index (χ0) is 23.9. The number of benzene rings is 1. The predicted molar refractivity (Wildman–Crippen MR) is 105 cm³/mol. The van der Waals surface area contributed by atoms with Gasteiger partial charge < -0.3 is 59.1 Å². The van der Waals surface area contributed by atoms with E-state index >= 15 is 0 Å². The van der Waals surface area contributed by atoms with Gasteiger partial charge in [-0.15, -0.1) is 0 Å². The maximum absolute atomic E-state index is 11.3. The maximum atomic E-state index is 11.3. The number of ether oxygens (including phenoxy) is 4. The van der Waals surface area contributed by atoms with Crippen molar-refractivity contribution in [2.24, 2.45) is 0 Å². The molecule has 33 heavy (non-hydrogen) atoms. The number of hydrogen-bond donors (Lipinski definition) is 7. The molecule has 182 valence electrons. The van der Waals surface area contributed by atoms with Crippen LogP contribution in [0.15, 0.2) is 33.5 Å². The van der Waals surface area contributed by atoms with E-state index in [1.165, 1.54) is 18.2 Å². The summed E-state index contributed by atoms with van der Waals surface area (Å²) >= 11 is 0. The third-order valence-electron chi connectivity index (χ3n) is 5.62. The number of aliphatic hydroxyl groups is 6. The summed E-state index contributed by atoms with van der Waals surface area (Å²) in [6.07, 6.45) is -10.8. The highest BCUT2D eigenvalue weighted by atomic mass is 16.7. The zero-order valence-corrected chi connectivity index (χ0v) is 17.1. The SMILES string of the molecule is O=c1ccc2cc(OC3OC(COC4OCC(O)(CO)C4O)C(O)C(O)C3O)c(O)cc2o1. The van der Waals surface area contributed by atoms with Crippen molar-refractivity contribution in [2.45, 2.75) is 48.7 Å². The van der Waals surface area contributed by atoms with Crippen molar-refractivity contribution < 1.29 is 59.1 Å². The van der Waals surface area contributed by atoms with E-state index in [2.05, 4.69) is 0 Å². The topological polar surface area (TPSA) is 209 Å². The molecule has 13 heteroatoms. The molecule has 1 aromatic carbocycles. The van der Waals surface area contributed by atoms with Crippen LogP contribution in [-0.2, 0) is 14.2 Å². The molecular formula is C20H24O13. The highest BCUT2D eigenvalue weighted by Crippen LogP contribution is 2.34. The minimum atomic E-state index is -1.91. The van der Waals surface area contributed by atoms with Gasteiger partial charge in [-0.25, -0.2) is 4.79 Å². The molecule has 4 rings (SSSR count). The molecular weight excluding hydrogens is 448 g/mol. The van der Waals surface area contributed by atoms with Gasteiger partial charge in [0, 0.05) is 17.5 Å². The largest absolute Gasteiger partial charge is 0.504 e. The van der Waals surface area contributed by atoms with E-state index in [0.29, 0.717) is 5.39 Å². The van der Waals surface area contributed by atoms with E-state index in [1.807, 2.05) is 0 Å². The summed E-state index contributed by atoms with van der Waals surface area (Å²) in [7, 11) is 0. The Bertz CT molecular complexity index is 1040. The van der Waals surface area contributed by atoms with Gasteiger partial charge in [-0.3, -0.25) is 0 Å². The van der Waals surface area contributed by atoms with Crippen LogP contribution in [0.3, 0.4) is 0 Å². The molecule has 7 N–H and O–H groups in total. The van der Waals surface area contributed by atoms with Crippen molar-refractivity contribution in [3.63, 3.8) is 0 Å². The summed E-state index contributed by atoms with van der Waals surface area (Å²) in [5, 5.41) is 70.6. The van der Waals surface area contributed by atoms with Gasteiger partial charge in [0.05, 0.1) is 19.8 Å². The molecule has 8 unspecified atom stereocenters. The van der Waals surface area contributed by atoms with Crippen LogP contribution in [-0.4, -0.2) is 104 Å². The van der Waals surface area contributed by atoms with E-state index in [4.69, 9.17) is 23.4 Å². The van der Waals surface area contributed by atoms with Gasteiger partial charge in [0.1, 0.15) is 41.7 Å². The Kier molecular flexibility index (Phi) is 6.59.